The molecule has 23 heavy (non-hydrogen) atoms. The first kappa shape index (κ1) is 16.6. The Morgan fingerprint density at radius 2 is 1.91 bits per heavy atom. The summed E-state index contributed by atoms with van der Waals surface area (Å²) in [4.78, 5) is 4.93. The van der Waals surface area contributed by atoms with Crippen LogP contribution < -0.4 is 0 Å². The van der Waals surface area contributed by atoms with Gasteiger partial charge in [0.1, 0.15) is 0 Å². The van der Waals surface area contributed by atoms with Gasteiger partial charge in [0.25, 0.3) is 0 Å². The first-order chi connectivity index (χ1) is 10.9. The lowest BCUT2D eigenvalue weighted by atomic mass is 10.0. The fourth-order valence-electron chi connectivity index (χ4n) is 2.96. The average Bonchev–Trinajstić information content (AvgIpc) is 3.18. The standard InChI is InChI=1S/C17H22N2O2S2/c1-12(2)15-7-6-14(16-11-22-13(3)18-16)10-17(15)23(20,21)19-8-4-5-9-19/h6-7,10-12H,4-5,8-9H2,1-3H3. The van der Waals surface area contributed by atoms with Crippen molar-refractivity contribution in [1.29, 1.82) is 0 Å². The molecule has 124 valence electrons. The Hall–Kier alpha value is -1.24. The summed E-state index contributed by atoms with van der Waals surface area (Å²) in [5.41, 5.74) is 2.60. The second-order valence-electron chi connectivity index (χ2n) is 6.27. The van der Waals surface area contributed by atoms with E-state index in [1.807, 2.05) is 38.3 Å². The molecule has 1 aromatic carbocycles. The average molecular weight is 351 g/mol. The van der Waals surface area contributed by atoms with Crippen LogP contribution in [-0.4, -0.2) is 30.8 Å². The van der Waals surface area contributed by atoms with Crippen LogP contribution in [0.25, 0.3) is 11.3 Å². The van der Waals surface area contributed by atoms with Gasteiger partial charge in [-0.2, -0.15) is 4.31 Å². The van der Waals surface area contributed by atoms with Gasteiger partial charge in [0.05, 0.1) is 15.6 Å². The number of rotatable bonds is 4. The van der Waals surface area contributed by atoms with Crippen LogP contribution in [0.3, 0.4) is 0 Å². The molecule has 1 aliphatic rings. The lowest BCUT2D eigenvalue weighted by molar-refractivity contribution is 0.476. The summed E-state index contributed by atoms with van der Waals surface area (Å²) in [5, 5.41) is 2.96. The van der Waals surface area contributed by atoms with E-state index in [1.54, 1.807) is 21.7 Å². The van der Waals surface area contributed by atoms with Crippen molar-refractivity contribution in [3.05, 3.63) is 34.2 Å². The molecular weight excluding hydrogens is 328 g/mol. The van der Waals surface area contributed by atoms with Crippen LogP contribution in [0, 0.1) is 6.92 Å². The molecule has 0 radical (unpaired) electrons. The maximum atomic E-state index is 13.1. The van der Waals surface area contributed by atoms with Crippen molar-refractivity contribution in [3.8, 4) is 11.3 Å². The van der Waals surface area contributed by atoms with E-state index in [2.05, 4.69) is 4.98 Å². The van der Waals surface area contributed by atoms with E-state index in [0.717, 1.165) is 34.7 Å². The molecule has 3 rings (SSSR count). The van der Waals surface area contributed by atoms with Crippen molar-refractivity contribution in [2.75, 3.05) is 13.1 Å². The Kier molecular flexibility index (Phi) is 4.58. The van der Waals surface area contributed by atoms with E-state index < -0.39 is 10.0 Å². The molecule has 1 saturated heterocycles. The fourth-order valence-corrected chi connectivity index (χ4v) is 5.47. The largest absolute Gasteiger partial charge is 0.243 e. The number of hydrogen-bond acceptors (Lipinski definition) is 4. The third-order valence-corrected chi connectivity index (χ3v) is 6.96. The van der Waals surface area contributed by atoms with Gasteiger partial charge in [0, 0.05) is 24.0 Å². The van der Waals surface area contributed by atoms with Crippen molar-refractivity contribution in [2.24, 2.45) is 0 Å². The zero-order chi connectivity index (χ0) is 16.6. The Morgan fingerprint density at radius 1 is 1.22 bits per heavy atom. The molecule has 4 nitrogen and oxygen atoms in total. The fraction of sp³-hybridized carbons (Fsp3) is 0.471. The van der Waals surface area contributed by atoms with Crippen LogP contribution >= 0.6 is 11.3 Å². The van der Waals surface area contributed by atoms with Gasteiger partial charge in [-0.25, -0.2) is 13.4 Å². The normalized spacial score (nSPS) is 16.3. The Labute approximate surface area is 142 Å². The topological polar surface area (TPSA) is 50.3 Å². The van der Waals surface area contributed by atoms with Gasteiger partial charge < -0.3 is 0 Å². The third-order valence-electron chi connectivity index (χ3n) is 4.23. The molecule has 0 atom stereocenters. The van der Waals surface area contributed by atoms with Crippen molar-refractivity contribution >= 4 is 21.4 Å². The summed E-state index contributed by atoms with van der Waals surface area (Å²) >= 11 is 1.58. The Bertz CT molecular complexity index is 804. The van der Waals surface area contributed by atoms with Gasteiger partial charge in [0.15, 0.2) is 0 Å². The summed E-state index contributed by atoms with van der Waals surface area (Å²) < 4.78 is 27.7. The van der Waals surface area contributed by atoms with Gasteiger partial charge in [-0.15, -0.1) is 11.3 Å². The highest BCUT2D eigenvalue weighted by Gasteiger charge is 2.30. The van der Waals surface area contributed by atoms with Crippen LogP contribution in [0.1, 0.15) is 43.2 Å². The maximum Gasteiger partial charge on any atom is 0.243 e. The van der Waals surface area contributed by atoms with Crippen molar-refractivity contribution in [1.82, 2.24) is 9.29 Å². The number of sulfonamides is 1. The summed E-state index contributed by atoms with van der Waals surface area (Å²) in [7, 11) is -3.43. The number of nitrogens with zero attached hydrogens (tertiary/aromatic N) is 2. The van der Waals surface area contributed by atoms with Crippen molar-refractivity contribution in [2.45, 2.75) is 44.4 Å². The molecule has 0 unspecified atom stereocenters. The van der Waals surface area contributed by atoms with Gasteiger partial charge in [-0.3, -0.25) is 0 Å². The highest BCUT2D eigenvalue weighted by Crippen LogP contribution is 2.32. The first-order valence-electron chi connectivity index (χ1n) is 7.96. The smallest absolute Gasteiger partial charge is 0.242 e. The van der Waals surface area contributed by atoms with E-state index in [-0.39, 0.29) is 5.92 Å². The first-order valence-corrected chi connectivity index (χ1v) is 10.3. The van der Waals surface area contributed by atoms with E-state index in [4.69, 9.17) is 0 Å². The van der Waals surface area contributed by atoms with E-state index >= 15 is 0 Å². The van der Waals surface area contributed by atoms with E-state index in [9.17, 15) is 8.42 Å². The lowest BCUT2D eigenvalue weighted by Gasteiger charge is -2.20. The molecular formula is C17H22N2O2S2. The Morgan fingerprint density at radius 3 is 2.48 bits per heavy atom. The molecule has 1 aliphatic heterocycles. The molecule has 1 aromatic heterocycles. The van der Waals surface area contributed by atoms with Gasteiger partial charge in [-0.05, 0) is 37.3 Å². The zero-order valence-corrected chi connectivity index (χ0v) is 15.4. The molecule has 0 amide bonds. The quantitative estimate of drug-likeness (QED) is 0.836. The molecule has 0 saturated carbocycles. The van der Waals surface area contributed by atoms with Crippen LogP contribution in [0.2, 0.25) is 0 Å². The molecule has 0 bridgehead atoms. The Balaban J connectivity index is 2.12. The number of aryl methyl sites for hydroxylation is 1. The van der Waals surface area contributed by atoms with Gasteiger partial charge in [-0.1, -0.05) is 26.0 Å². The van der Waals surface area contributed by atoms with E-state index in [0.29, 0.717) is 18.0 Å². The van der Waals surface area contributed by atoms with Gasteiger partial charge >= 0.3 is 0 Å². The number of hydrogen-bond donors (Lipinski definition) is 0. The highest BCUT2D eigenvalue weighted by molar-refractivity contribution is 7.89. The molecule has 2 aromatic rings. The highest BCUT2D eigenvalue weighted by atomic mass is 32.2. The number of aromatic nitrogens is 1. The van der Waals surface area contributed by atoms with Gasteiger partial charge in [0.2, 0.25) is 10.0 Å². The molecule has 0 N–H and O–H groups in total. The second kappa shape index (κ2) is 6.34. The molecule has 6 heteroatoms. The molecule has 0 spiro atoms. The van der Waals surface area contributed by atoms with Crippen molar-refractivity contribution < 1.29 is 8.42 Å². The monoisotopic (exact) mass is 350 g/mol. The predicted molar refractivity (Wildman–Crippen MR) is 94.4 cm³/mol. The predicted octanol–water partition coefficient (Wildman–Crippen LogP) is 4.03. The SMILES string of the molecule is Cc1nc(-c2ccc(C(C)C)c(S(=O)(=O)N3CCCC3)c2)cs1. The maximum absolute atomic E-state index is 13.1. The summed E-state index contributed by atoms with van der Waals surface area (Å²) in [6, 6.07) is 5.72. The van der Waals surface area contributed by atoms with Crippen LogP contribution in [0.15, 0.2) is 28.5 Å². The number of thiazole rings is 1. The second-order valence-corrected chi connectivity index (χ2v) is 9.24. The lowest BCUT2D eigenvalue weighted by Crippen LogP contribution is -2.28. The zero-order valence-electron chi connectivity index (χ0n) is 13.7. The molecule has 2 heterocycles. The van der Waals surface area contributed by atoms with Crippen LogP contribution in [0.4, 0.5) is 0 Å². The summed E-state index contributed by atoms with van der Waals surface area (Å²) in [5.74, 6) is 0.161. The minimum Gasteiger partial charge on any atom is -0.242 e. The summed E-state index contributed by atoms with van der Waals surface area (Å²) in [6.07, 6.45) is 1.89. The molecule has 0 aliphatic carbocycles. The minimum atomic E-state index is -3.43. The third kappa shape index (κ3) is 3.20. The van der Waals surface area contributed by atoms with Crippen LogP contribution in [-0.2, 0) is 10.0 Å². The van der Waals surface area contributed by atoms with Crippen molar-refractivity contribution in [3.63, 3.8) is 0 Å². The van der Waals surface area contributed by atoms with E-state index in [1.165, 1.54) is 0 Å². The molecule has 1 fully saturated rings. The van der Waals surface area contributed by atoms with Crippen LogP contribution in [0.5, 0.6) is 0 Å². The number of benzene rings is 1. The minimum absolute atomic E-state index is 0.161. The summed E-state index contributed by atoms with van der Waals surface area (Å²) in [6.45, 7) is 7.27.